The SMILES string of the molecule is Cc1ccc(C(=O)N(C)C)cc1NC(=O)N1CCC(NC(=O)NC2CCCCC2)CC1. The first-order valence-electron chi connectivity index (χ1n) is 11.3. The third-order valence-electron chi connectivity index (χ3n) is 6.19. The molecular weight excluding hydrogens is 394 g/mol. The van der Waals surface area contributed by atoms with Crippen LogP contribution in [-0.2, 0) is 0 Å². The van der Waals surface area contributed by atoms with Gasteiger partial charge in [-0.25, -0.2) is 9.59 Å². The summed E-state index contributed by atoms with van der Waals surface area (Å²) in [4.78, 5) is 40.5. The molecule has 1 aliphatic carbocycles. The minimum absolute atomic E-state index is 0.0791. The lowest BCUT2D eigenvalue weighted by atomic mass is 9.96. The van der Waals surface area contributed by atoms with E-state index in [0.29, 0.717) is 24.3 Å². The van der Waals surface area contributed by atoms with Gasteiger partial charge in [0.05, 0.1) is 0 Å². The maximum Gasteiger partial charge on any atom is 0.321 e. The smallest absolute Gasteiger partial charge is 0.321 e. The number of anilines is 1. The Bertz CT molecular complexity index is 796. The molecule has 0 bridgehead atoms. The van der Waals surface area contributed by atoms with Gasteiger partial charge in [0.1, 0.15) is 0 Å². The molecule has 8 heteroatoms. The fourth-order valence-corrected chi connectivity index (χ4v) is 4.23. The van der Waals surface area contributed by atoms with Crippen LogP contribution in [0.4, 0.5) is 15.3 Å². The Kier molecular flexibility index (Phi) is 7.76. The summed E-state index contributed by atoms with van der Waals surface area (Å²) in [5.41, 5.74) is 2.09. The predicted octanol–water partition coefficient (Wildman–Crippen LogP) is 3.33. The summed E-state index contributed by atoms with van der Waals surface area (Å²) in [5, 5.41) is 9.09. The molecule has 2 fully saturated rings. The fraction of sp³-hybridized carbons (Fsp3) is 0.609. The second-order valence-electron chi connectivity index (χ2n) is 8.87. The van der Waals surface area contributed by atoms with Gasteiger partial charge in [-0.1, -0.05) is 25.3 Å². The van der Waals surface area contributed by atoms with Gasteiger partial charge in [0, 0.05) is 50.5 Å². The number of nitrogens with one attached hydrogen (secondary N) is 3. The Balaban J connectivity index is 1.47. The van der Waals surface area contributed by atoms with E-state index in [1.165, 1.54) is 24.2 Å². The van der Waals surface area contributed by atoms with Crippen LogP contribution in [0.1, 0.15) is 60.9 Å². The standard InChI is InChI=1S/C23H35N5O3/c1-16-9-10-17(21(29)27(2)3)15-20(16)26-23(31)28-13-11-19(12-14-28)25-22(30)24-18-7-5-4-6-8-18/h9-10,15,18-19H,4-8,11-14H2,1-3H3,(H,26,31)(H2,24,25,30). The third-order valence-corrected chi connectivity index (χ3v) is 6.19. The average molecular weight is 430 g/mol. The van der Waals surface area contributed by atoms with Crippen LogP contribution in [0.15, 0.2) is 18.2 Å². The first kappa shape index (κ1) is 22.9. The van der Waals surface area contributed by atoms with Crippen LogP contribution in [0.3, 0.4) is 0 Å². The summed E-state index contributed by atoms with van der Waals surface area (Å²) in [6, 6.07) is 5.43. The number of nitrogens with zero attached hydrogens (tertiary/aromatic N) is 2. The summed E-state index contributed by atoms with van der Waals surface area (Å²) in [6.45, 7) is 3.06. The molecule has 3 N–H and O–H groups in total. The predicted molar refractivity (Wildman–Crippen MR) is 121 cm³/mol. The Labute approximate surface area is 184 Å². The van der Waals surface area contributed by atoms with Gasteiger partial charge in [-0.2, -0.15) is 0 Å². The number of carbonyl (C=O) groups excluding carboxylic acids is 3. The van der Waals surface area contributed by atoms with Gasteiger partial charge in [-0.3, -0.25) is 4.79 Å². The summed E-state index contributed by atoms with van der Waals surface area (Å²) in [5.74, 6) is -0.103. The van der Waals surface area contributed by atoms with E-state index in [1.807, 2.05) is 13.0 Å². The number of benzene rings is 1. The number of amides is 5. The van der Waals surface area contributed by atoms with Crippen molar-refractivity contribution in [2.24, 2.45) is 0 Å². The van der Waals surface area contributed by atoms with Crippen molar-refractivity contribution >= 4 is 23.7 Å². The van der Waals surface area contributed by atoms with E-state index in [-0.39, 0.29) is 30.1 Å². The maximum atomic E-state index is 12.7. The van der Waals surface area contributed by atoms with Crippen molar-refractivity contribution in [3.63, 3.8) is 0 Å². The number of urea groups is 2. The van der Waals surface area contributed by atoms with Crippen LogP contribution in [0, 0.1) is 6.92 Å². The average Bonchev–Trinajstić information content (AvgIpc) is 2.75. The lowest BCUT2D eigenvalue weighted by Gasteiger charge is -2.33. The van der Waals surface area contributed by atoms with Gasteiger partial charge in [-0.05, 0) is 50.3 Å². The lowest BCUT2D eigenvalue weighted by molar-refractivity contribution is 0.0827. The molecule has 1 saturated carbocycles. The van der Waals surface area contributed by atoms with Gasteiger partial charge in [-0.15, -0.1) is 0 Å². The van der Waals surface area contributed by atoms with Gasteiger partial charge in [0.15, 0.2) is 0 Å². The summed E-state index contributed by atoms with van der Waals surface area (Å²) < 4.78 is 0. The van der Waals surface area contributed by atoms with E-state index in [0.717, 1.165) is 31.2 Å². The number of piperidine rings is 1. The van der Waals surface area contributed by atoms with Crippen LogP contribution >= 0.6 is 0 Å². The van der Waals surface area contributed by atoms with E-state index in [2.05, 4.69) is 16.0 Å². The van der Waals surface area contributed by atoms with Crippen molar-refractivity contribution in [2.45, 2.75) is 64.0 Å². The zero-order valence-corrected chi connectivity index (χ0v) is 18.9. The molecule has 1 saturated heterocycles. The molecular formula is C23H35N5O3. The van der Waals surface area contributed by atoms with Gasteiger partial charge >= 0.3 is 12.1 Å². The number of hydrogen-bond acceptors (Lipinski definition) is 3. The monoisotopic (exact) mass is 429 g/mol. The number of hydrogen-bond donors (Lipinski definition) is 3. The molecule has 0 spiro atoms. The minimum atomic E-state index is -0.178. The highest BCUT2D eigenvalue weighted by molar-refractivity contribution is 5.97. The molecule has 8 nitrogen and oxygen atoms in total. The quantitative estimate of drug-likeness (QED) is 0.685. The van der Waals surface area contributed by atoms with E-state index in [4.69, 9.17) is 0 Å². The fourth-order valence-electron chi connectivity index (χ4n) is 4.23. The van der Waals surface area contributed by atoms with Gasteiger partial charge in [0.25, 0.3) is 5.91 Å². The van der Waals surface area contributed by atoms with Crippen molar-refractivity contribution in [1.29, 1.82) is 0 Å². The van der Waals surface area contributed by atoms with Gasteiger partial charge in [0.2, 0.25) is 0 Å². The molecule has 0 unspecified atom stereocenters. The summed E-state index contributed by atoms with van der Waals surface area (Å²) in [6.07, 6.45) is 7.21. The van der Waals surface area contributed by atoms with Crippen molar-refractivity contribution in [2.75, 3.05) is 32.5 Å². The molecule has 0 radical (unpaired) electrons. The normalized spacial score (nSPS) is 17.7. The lowest BCUT2D eigenvalue weighted by Crippen LogP contribution is -2.51. The molecule has 5 amide bonds. The van der Waals surface area contributed by atoms with Crippen molar-refractivity contribution in [3.8, 4) is 0 Å². The molecule has 31 heavy (non-hydrogen) atoms. The highest BCUT2D eigenvalue weighted by atomic mass is 16.2. The van der Waals surface area contributed by atoms with Crippen LogP contribution in [0.25, 0.3) is 0 Å². The second-order valence-corrected chi connectivity index (χ2v) is 8.87. The summed E-state index contributed by atoms with van der Waals surface area (Å²) in [7, 11) is 3.40. The van der Waals surface area contributed by atoms with Crippen LogP contribution in [0.5, 0.6) is 0 Å². The van der Waals surface area contributed by atoms with Crippen LogP contribution in [0.2, 0.25) is 0 Å². The molecule has 0 aromatic heterocycles. The van der Waals surface area contributed by atoms with Crippen molar-refractivity contribution < 1.29 is 14.4 Å². The van der Waals surface area contributed by atoms with E-state index in [1.54, 1.807) is 31.1 Å². The largest absolute Gasteiger partial charge is 0.345 e. The van der Waals surface area contributed by atoms with Gasteiger partial charge < -0.3 is 25.8 Å². The van der Waals surface area contributed by atoms with E-state index < -0.39 is 0 Å². The molecule has 2 aliphatic rings. The molecule has 1 aromatic rings. The third kappa shape index (κ3) is 6.35. The molecule has 3 rings (SSSR count). The van der Waals surface area contributed by atoms with Crippen molar-refractivity contribution in [1.82, 2.24) is 20.4 Å². The second kappa shape index (κ2) is 10.5. The zero-order valence-electron chi connectivity index (χ0n) is 18.9. The molecule has 1 aromatic carbocycles. The first-order chi connectivity index (χ1) is 14.8. The topological polar surface area (TPSA) is 93.8 Å². The summed E-state index contributed by atoms with van der Waals surface area (Å²) >= 11 is 0. The first-order valence-corrected chi connectivity index (χ1v) is 11.3. The zero-order chi connectivity index (χ0) is 22.4. The highest BCUT2D eigenvalue weighted by Gasteiger charge is 2.25. The van der Waals surface area contributed by atoms with Crippen LogP contribution in [-0.4, -0.2) is 67.0 Å². The number of likely N-dealkylation sites (tertiary alicyclic amines) is 1. The Morgan fingerprint density at radius 3 is 2.16 bits per heavy atom. The van der Waals surface area contributed by atoms with E-state index >= 15 is 0 Å². The Hall–Kier alpha value is -2.77. The molecule has 1 heterocycles. The number of carbonyl (C=O) groups is 3. The van der Waals surface area contributed by atoms with E-state index in [9.17, 15) is 14.4 Å². The highest BCUT2D eigenvalue weighted by Crippen LogP contribution is 2.20. The van der Waals surface area contributed by atoms with Crippen molar-refractivity contribution in [3.05, 3.63) is 29.3 Å². The Morgan fingerprint density at radius 2 is 1.55 bits per heavy atom. The minimum Gasteiger partial charge on any atom is -0.345 e. The molecule has 170 valence electrons. The Morgan fingerprint density at radius 1 is 0.935 bits per heavy atom. The molecule has 1 aliphatic heterocycles. The number of aryl methyl sites for hydroxylation is 1. The number of rotatable bonds is 4. The van der Waals surface area contributed by atoms with Crippen LogP contribution < -0.4 is 16.0 Å². The molecule has 0 atom stereocenters. The maximum absolute atomic E-state index is 12.7.